The minimum atomic E-state index is -0.541. The van der Waals surface area contributed by atoms with Gasteiger partial charge in [-0.25, -0.2) is 0 Å². The Morgan fingerprint density at radius 2 is 1.74 bits per heavy atom. The fraction of sp³-hybridized carbons (Fsp3) is 0.0667. The largest absolute Gasteiger partial charge is 0.325 e. The fourth-order valence-corrected chi connectivity index (χ4v) is 1.99. The van der Waals surface area contributed by atoms with Gasteiger partial charge in [-0.1, -0.05) is 11.6 Å². The SMILES string of the molecule is CC(=O)Nc1cc(NC(=O)c2ccc([N+](=O)[O-])cc2)ccc1Cl. The predicted octanol–water partition coefficient (Wildman–Crippen LogP) is 3.46. The lowest BCUT2D eigenvalue weighted by Crippen LogP contribution is -2.12. The van der Waals surface area contributed by atoms with Gasteiger partial charge in [0.25, 0.3) is 11.6 Å². The van der Waals surface area contributed by atoms with E-state index in [1.807, 2.05) is 0 Å². The van der Waals surface area contributed by atoms with Gasteiger partial charge in [0.2, 0.25) is 5.91 Å². The number of nitrogens with one attached hydrogen (secondary N) is 2. The molecule has 23 heavy (non-hydrogen) atoms. The highest BCUT2D eigenvalue weighted by Gasteiger charge is 2.11. The zero-order valence-electron chi connectivity index (χ0n) is 12.0. The molecule has 8 heteroatoms. The van der Waals surface area contributed by atoms with Crippen molar-refractivity contribution in [3.63, 3.8) is 0 Å². The predicted molar refractivity (Wildman–Crippen MR) is 86.8 cm³/mol. The third kappa shape index (κ3) is 4.27. The molecule has 2 aromatic rings. The van der Waals surface area contributed by atoms with E-state index in [2.05, 4.69) is 10.6 Å². The first-order chi connectivity index (χ1) is 10.9. The van der Waals surface area contributed by atoms with Crippen LogP contribution in [0.5, 0.6) is 0 Å². The molecule has 0 unspecified atom stereocenters. The molecule has 0 aliphatic rings. The van der Waals surface area contributed by atoms with Gasteiger partial charge in [-0.05, 0) is 30.3 Å². The van der Waals surface area contributed by atoms with E-state index in [0.29, 0.717) is 16.4 Å². The van der Waals surface area contributed by atoms with Gasteiger partial charge >= 0.3 is 0 Å². The minimum Gasteiger partial charge on any atom is -0.325 e. The van der Waals surface area contributed by atoms with Crippen molar-refractivity contribution in [3.8, 4) is 0 Å². The van der Waals surface area contributed by atoms with Crippen LogP contribution >= 0.6 is 11.6 Å². The van der Waals surface area contributed by atoms with Crippen molar-refractivity contribution in [2.75, 3.05) is 10.6 Å². The summed E-state index contributed by atoms with van der Waals surface area (Å²) in [6, 6.07) is 9.86. The van der Waals surface area contributed by atoms with Crippen LogP contribution in [0.3, 0.4) is 0 Å². The third-order valence-electron chi connectivity index (χ3n) is 2.88. The van der Waals surface area contributed by atoms with E-state index in [4.69, 9.17) is 11.6 Å². The number of amides is 2. The van der Waals surface area contributed by atoms with Gasteiger partial charge in [0.05, 0.1) is 15.6 Å². The summed E-state index contributed by atoms with van der Waals surface area (Å²) in [6.45, 7) is 1.35. The van der Waals surface area contributed by atoms with Gasteiger partial charge in [0.1, 0.15) is 0 Å². The van der Waals surface area contributed by atoms with Crippen LogP contribution < -0.4 is 10.6 Å². The molecule has 0 saturated heterocycles. The lowest BCUT2D eigenvalue weighted by molar-refractivity contribution is -0.384. The Morgan fingerprint density at radius 3 is 2.30 bits per heavy atom. The lowest BCUT2D eigenvalue weighted by atomic mass is 10.2. The van der Waals surface area contributed by atoms with Gasteiger partial charge in [-0.15, -0.1) is 0 Å². The molecule has 2 N–H and O–H groups in total. The number of anilines is 2. The number of benzene rings is 2. The molecule has 118 valence electrons. The summed E-state index contributed by atoms with van der Waals surface area (Å²) >= 11 is 5.95. The van der Waals surface area contributed by atoms with Crippen LogP contribution in [0.1, 0.15) is 17.3 Å². The van der Waals surface area contributed by atoms with Crippen molar-refractivity contribution in [2.45, 2.75) is 6.92 Å². The average molecular weight is 334 g/mol. The maximum absolute atomic E-state index is 12.1. The standard InChI is InChI=1S/C15H12ClN3O4/c1-9(20)17-14-8-11(4-7-13(14)16)18-15(21)10-2-5-12(6-3-10)19(22)23/h2-8H,1H3,(H,17,20)(H,18,21). The molecular weight excluding hydrogens is 322 g/mol. The molecule has 2 rings (SSSR count). The maximum Gasteiger partial charge on any atom is 0.269 e. The van der Waals surface area contributed by atoms with Crippen LogP contribution in [-0.4, -0.2) is 16.7 Å². The first kappa shape index (κ1) is 16.4. The van der Waals surface area contributed by atoms with Gasteiger partial charge in [0, 0.05) is 30.3 Å². The van der Waals surface area contributed by atoms with Crippen LogP contribution in [-0.2, 0) is 4.79 Å². The molecule has 0 bridgehead atoms. The highest BCUT2D eigenvalue weighted by atomic mass is 35.5. The van der Waals surface area contributed by atoms with Crippen molar-refractivity contribution in [2.24, 2.45) is 0 Å². The number of non-ortho nitro benzene ring substituents is 1. The molecule has 2 amide bonds. The van der Waals surface area contributed by atoms with E-state index >= 15 is 0 Å². The lowest BCUT2D eigenvalue weighted by Gasteiger charge is -2.09. The Balaban J connectivity index is 2.16. The Bertz CT molecular complexity index is 775. The van der Waals surface area contributed by atoms with E-state index < -0.39 is 10.8 Å². The quantitative estimate of drug-likeness (QED) is 0.660. The first-order valence-electron chi connectivity index (χ1n) is 6.50. The maximum atomic E-state index is 12.1. The van der Waals surface area contributed by atoms with Crippen molar-refractivity contribution in [3.05, 3.63) is 63.2 Å². The summed E-state index contributed by atoms with van der Waals surface area (Å²) in [7, 11) is 0. The van der Waals surface area contributed by atoms with Crippen molar-refractivity contribution in [1.82, 2.24) is 0 Å². The van der Waals surface area contributed by atoms with E-state index in [1.165, 1.54) is 43.3 Å². The van der Waals surface area contributed by atoms with Gasteiger partial charge < -0.3 is 10.6 Å². The summed E-state index contributed by atoms with van der Waals surface area (Å²) in [5.74, 6) is -0.721. The molecule has 0 spiro atoms. The number of carbonyl (C=O) groups excluding carboxylic acids is 2. The molecule has 7 nitrogen and oxygen atoms in total. The third-order valence-corrected chi connectivity index (χ3v) is 3.20. The van der Waals surface area contributed by atoms with E-state index in [9.17, 15) is 19.7 Å². The van der Waals surface area contributed by atoms with Crippen molar-refractivity contribution >= 4 is 40.5 Å². The van der Waals surface area contributed by atoms with Crippen molar-refractivity contribution in [1.29, 1.82) is 0 Å². The second kappa shape index (κ2) is 6.89. The van der Waals surface area contributed by atoms with E-state index in [0.717, 1.165) is 0 Å². The molecule has 0 atom stereocenters. The molecule has 0 aliphatic heterocycles. The highest BCUT2D eigenvalue weighted by Crippen LogP contribution is 2.26. The van der Waals surface area contributed by atoms with E-state index in [1.54, 1.807) is 6.07 Å². The summed E-state index contributed by atoms with van der Waals surface area (Å²) in [5, 5.41) is 16.1. The van der Waals surface area contributed by atoms with E-state index in [-0.39, 0.29) is 17.2 Å². The molecule has 0 aliphatic carbocycles. The fourth-order valence-electron chi connectivity index (χ4n) is 1.83. The summed E-state index contributed by atoms with van der Waals surface area (Å²) in [5.41, 5.74) is 0.981. The Kier molecular flexibility index (Phi) is 4.92. The van der Waals surface area contributed by atoms with Crippen LogP contribution in [0, 0.1) is 10.1 Å². The normalized spacial score (nSPS) is 10.0. The summed E-state index contributed by atoms with van der Waals surface area (Å²) in [4.78, 5) is 33.3. The Labute approximate surface area is 136 Å². The van der Waals surface area contributed by atoms with Gasteiger partial charge in [-0.2, -0.15) is 0 Å². The summed E-state index contributed by atoms with van der Waals surface area (Å²) in [6.07, 6.45) is 0. The zero-order valence-corrected chi connectivity index (χ0v) is 12.8. The number of halogens is 1. The minimum absolute atomic E-state index is 0.0963. The number of nitro groups is 1. The molecular formula is C15H12ClN3O4. The summed E-state index contributed by atoms with van der Waals surface area (Å²) < 4.78 is 0. The van der Waals surface area contributed by atoms with Gasteiger partial charge in [0.15, 0.2) is 0 Å². The van der Waals surface area contributed by atoms with Crippen LogP contribution in [0.15, 0.2) is 42.5 Å². The second-order valence-corrected chi connectivity index (χ2v) is 5.04. The molecule has 0 heterocycles. The number of nitrogens with zero attached hydrogens (tertiary/aromatic N) is 1. The van der Waals surface area contributed by atoms with Gasteiger partial charge in [-0.3, -0.25) is 19.7 Å². The number of carbonyl (C=O) groups is 2. The van der Waals surface area contributed by atoms with Crippen LogP contribution in [0.25, 0.3) is 0 Å². The average Bonchev–Trinajstić information content (AvgIpc) is 2.50. The number of nitro benzene ring substituents is 1. The van der Waals surface area contributed by atoms with Crippen molar-refractivity contribution < 1.29 is 14.5 Å². The van der Waals surface area contributed by atoms with Crippen LogP contribution in [0.2, 0.25) is 5.02 Å². The monoisotopic (exact) mass is 333 g/mol. The smallest absolute Gasteiger partial charge is 0.269 e. The molecule has 0 radical (unpaired) electrons. The molecule has 0 aromatic heterocycles. The Hall–Kier alpha value is -2.93. The number of hydrogen-bond donors (Lipinski definition) is 2. The topological polar surface area (TPSA) is 101 Å². The number of hydrogen-bond acceptors (Lipinski definition) is 4. The second-order valence-electron chi connectivity index (χ2n) is 4.63. The Morgan fingerprint density at radius 1 is 1.09 bits per heavy atom. The first-order valence-corrected chi connectivity index (χ1v) is 6.87. The molecule has 0 fully saturated rings. The zero-order chi connectivity index (χ0) is 17.0. The van der Waals surface area contributed by atoms with Crippen LogP contribution in [0.4, 0.5) is 17.1 Å². The molecule has 2 aromatic carbocycles. The number of rotatable bonds is 4. The molecule has 0 saturated carbocycles. The highest BCUT2D eigenvalue weighted by molar-refractivity contribution is 6.33.